The Morgan fingerprint density at radius 1 is 1.07 bits per heavy atom. The van der Waals surface area contributed by atoms with E-state index in [9.17, 15) is 19.7 Å². The average Bonchev–Trinajstić information content (AvgIpc) is 2.68. The number of nitrogens with zero attached hydrogens (tertiary/aromatic N) is 3. The van der Waals surface area contributed by atoms with E-state index in [-0.39, 0.29) is 22.2 Å². The Labute approximate surface area is 166 Å². The number of nitro groups is 1. The first-order valence-corrected chi connectivity index (χ1v) is 9.06. The Balaban J connectivity index is 1.70. The van der Waals surface area contributed by atoms with Crippen molar-refractivity contribution in [2.24, 2.45) is 0 Å². The van der Waals surface area contributed by atoms with Crippen LogP contribution >= 0.6 is 11.6 Å². The molecule has 1 aliphatic rings. The quantitative estimate of drug-likeness (QED) is 0.626. The highest BCUT2D eigenvalue weighted by Gasteiger charge is 2.22. The predicted octanol–water partition coefficient (Wildman–Crippen LogP) is 2.89. The molecular formula is C19H19ClN4O4. The molecule has 2 aromatic carbocycles. The van der Waals surface area contributed by atoms with Crippen molar-refractivity contribution in [3.05, 3.63) is 68.7 Å². The van der Waals surface area contributed by atoms with Crippen LogP contribution in [0, 0.1) is 10.1 Å². The van der Waals surface area contributed by atoms with Crippen LogP contribution in [-0.2, 0) is 0 Å². The standard InChI is InChI=1S/C19H19ClN4O4/c1-22-8-10-23(11-9-22)19(26)13-2-5-15(6-3-13)21-18(25)16-7-4-14(20)12-17(16)24(27)28/h2-7,12H,8-11H2,1H3,(H,21,25). The van der Waals surface area contributed by atoms with Crippen LogP contribution in [0.25, 0.3) is 0 Å². The second-order valence-electron chi connectivity index (χ2n) is 6.55. The summed E-state index contributed by atoms with van der Waals surface area (Å²) in [4.78, 5) is 39.4. The Kier molecular flexibility index (Phi) is 5.91. The third kappa shape index (κ3) is 4.47. The highest BCUT2D eigenvalue weighted by molar-refractivity contribution is 6.31. The third-order valence-corrected chi connectivity index (χ3v) is 4.82. The SMILES string of the molecule is CN1CCN(C(=O)c2ccc(NC(=O)c3ccc(Cl)cc3[N+](=O)[O-])cc2)CC1. The number of hydrogen-bond acceptors (Lipinski definition) is 5. The molecular weight excluding hydrogens is 384 g/mol. The molecule has 0 unspecified atom stereocenters. The molecule has 0 saturated carbocycles. The number of carbonyl (C=O) groups is 2. The van der Waals surface area contributed by atoms with Gasteiger partial charge in [0.25, 0.3) is 17.5 Å². The minimum Gasteiger partial charge on any atom is -0.336 e. The number of nitrogens with one attached hydrogen (secondary N) is 1. The summed E-state index contributed by atoms with van der Waals surface area (Å²) in [5, 5.41) is 13.9. The van der Waals surface area contributed by atoms with Crippen LogP contribution in [0.1, 0.15) is 20.7 Å². The minimum atomic E-state index is -0.654. The van der Waals surface area contributed by atoms with Gasteiger partial charge in [-0.1, -0.05) is 11.6 Å². The molecule has 0 atom stereocenters. The molecule has 3 rings (SSSR count). The maximum absolute atomic E-state index is 12.5. The second kappa shape index (κ2) is 8.37. The number of likely N-dealkylation sites (N-methyl/N-ethyl adjacent to an activating group) is 1. The van der Waals surface area contributed by atoms with E-state index in [2.05, 4.69) is 10.2 Å². The number of nitro benzene ring substituents is 1. The Hall–Kier alpha value is -2.97. The molecule has 8 nitrogen and oxygen atoms in total. The van der Waals surface area contributed by atoms with Crippen LogP contribution in [0.4, 0.5) is 11.4 Å². The first-order valence-electron chi connectivity index (χ1n) is 8.68. The summed E-state index contributed by atoms with van der Waals surface area (Å²) in [5.41, 5.74) is 0.503. The van der Waals surface area contributed by atoms with E-state index in [0.29, 0.717) is 24.3 Å². The van der Waals surface area contributed by atoms with Crippen LogP contribution in [0.5, 0.6) is 0 Å². The molecule has 0 bridgehead atoms. The highest BCUT2D eigenvalue weighted by atomic mass is 35.5. The van der Waals surface area contributed by atoms with Crippen LogP contribution in [0.2, 0.25) is 5.02 Å². The summed E-state index contributed by atoms with van der Waals surface area (Å²) in [6.45, 7) is 3.02. The lowest BCUT2D eigenvalue weighted by molar-refractivity contribution is -0.385. The zero-order chi connectivity index (χ0) is 20.3. The minimum absolute atomic E-state index is 0.0562. The molecule has 0 spiro atoms. The van der Waals surface area contributed by atoms with Gasteiger partial charge in [-0.15, -0.1) is 0 Å². The van der Waals surface area contributed by atoms with Crippen LogP contribution in [0.15, 0.2) is 42.5 Å². The number of halogens is 1. The van der Waals surface area contributed by atoms with Crippen molar-refractivity contribution in [1.29, 1.82) is 0 Å². The summed E-state index contributed by atoms with van der Waals surface area (Å²) in [6.07, 6.45) is 0. The first-order chi connectivity index (χ1) is 13.3. The summed E-state index contributed by atoms with van der Waals surface area (Å²) in [7, 11) is 2.02. The van der Waals surface area contributed by atoms with E-state index in [0.717, 1.165) is 19.2 Å². The lowest BCUT2D eigenvalue weighted by atomic mass is 10.1. The number of amides is 2. The highest BCUT2D eigenvalue weighted by Crippen LogP contribution is 2.24. The molecule has 146 valence electrons. The van der Waals surface area contributed by atoms with E-state index in [1.807, 2.05) is 7.05 Å². The normalized spacial score (nSPS) is 14.6. The maximum atomic E-state index is 12.5. The Morgan fingerprint density at radius 3 is 2.32 bits per heavy atom. The molecule has 1 aliphatic heterocycles. The number of rotatable bonds is 4. The van der Waals surface area contributed by atoms with E-state index >= 15 is 0 Å². The van der Waals surface area contributed by atoms with Gasteiger partial charge in [0.1, 0.15) is 5.56 Å². The lowest BCUT2D eigenvalue weighted by Crippen LogP contribution is -2.47. The van der Waals surface area contributed by atoms with E-state index in [4.69, 9.17) is 11.6 Å². The summed E-state index contributed by atoms with van der Waals surface area (Å²) in [5.74, 6) is -0.680. The number of benzene rings is 2. The van der Waals surface area contributed by atoms with Crippen molar-refractivity contribution in [3.8, 4) is 0 Å². The van der Waals surface area contributed by atoms with Crippen molar-refractivity contribution in [2.75, 3.05) is 38.5 Å². The summed E-state index contributed by atoms with van der Waals surface area (Å²) >= 11 is 5.77. The molecule has 1 fully saturated rings. The monoisotopic (exact) mass is 402 g/mol. The van der Waals surface area contributed by atoms with Crippen LogP contribution in [0.3, 0.4) is 0 Å². The molecule has 9 heteroatoms. The van der Waals surface area contributed by atoms with Crippen molar-refractivity contribution in [1.82, 2.24) is 9.80 Å². The average molecular weight is 403 g/mol. The van der Waals surface area contributed by atoms with Gasteiger partial charge in [0.05, 0.1) is 4.92 Å². The van der Waals surface area contributed by atoms with Gasteiger partial charge in [-0.05, 0) is 43.4 Å². The van der Waals surface area contributed by atoms with Crippen molar-refractivity contribution < 1.29 is 14.5 Å². The Bertz CT molecular complexity index is 909. The van der Waals surface area contributed by atoms with Gasteiger partial charge >= 0.3 is 0 Å². The number of carbonyl (C=O) groups excluding carboxylic acids is 2. The Morgan fingerprint density at radius 2 is 1.71 bits per heavy atom. The maximum Gasteiger partial charge on any atom is 0.283 e. The first kappa shape index (κ1) is 19.8. The van der Waals surface area contributed by atoms with Crippen LogP contribution in [-0.4, -0.2) is 59.8 Å². The van der Waals surface area contributed by atoms with Gasteiger partial charge in [0.15, 0.2) is 0 Å². The van der Waals surface area contributed by atoms with Crippen molar-refractivity contribution >= 4 is 34.8 Å². The van der Waals surface area contributed by atoms with E-state index in [1.165, 1.54) is 12.1 Å². The van der Waals surface area contributed by atoms with Gasteiger partial charge in [-0.2, -0.15) is 0 Å². The molecule has 0 aliphatic carbocycles. The number of anilines is 1. The van der Waals surface area contributed by atoms with E-state index in [1.54, 1.807) is 29.2 Å². The molecule has 1 N–H and O–H groups in total. The zero-order valence-corrected chi connectivity index (χ0v) is 16.0. The van der Waals surface area contributed by atoms with E-state index < -0.39 is 10.8 Å². The van der Waals surface area contributed by atoms with Crippen molar-refractivity contribution in [3.63, 3.8) is 0 Å². The number of hydrogen-bond donors (Lipinski definition) is 1. The fourth-order valence-electron chi connectivity index (χ4n) is 2.93. The third-order valence-electron chi connectivity index (χ3n) is 4.58. The number of piperazine rings is 1. The zero-order valence-electron chi connectivity index (χ0n) is 15.2. The second-order valence-corrected chi connectivity index (χ2v) is 6.98. The summed E-state index contributed by atoms with van der Waals surface area (Å²) in [6, 6.07) is 10.3. The van der Waals surface area contributed by atoms with Crippen LogP contribution < -0.4 is 5.32 Å². The van der Waals surface area contributed by atoms with Gasteiger partial charge in [0.2, 0.25) is 0 Å². The molecule has 28 heavy (non-hydrogen) atoms. The van der Waals surface area contributed by atoms with Crippen molar-refractivity contribution in [2.45, 2.75) is 0 Å². The van der Waals surface area contributed by atoms with Gasteiger partial charge in [-0.25, -0.2) is 0 Å². The fraction of sp³-hybridized carbons (Fsp3) is 0.263. The smallest absolute Gasteiger partial charge is 0.283 e. The molecule has 0 aromatic heterocycles. The largest absolute Gasteiger partial charge is 0.336 e. The molecule has 1 heterocycles. The van der Waals surface area contributed by atoms with Gasteiger partial charge in [0, 0.05) is 48.5 Å². The molecule has 2 aromatic rings. The summed E-state index contributed by atoms with van der Waals surface area (Å²) < 4.78 is 0. The molecule has 0 radical (unpaired) electrons. The fourth-order valence-corrected chi connectivity index (χ4v) is 3.10. The lowest BCUT2D eigenvalue weighted by Gasteiger charge is -2.32. The predicted molar refractivity (Wildman–Crippen MR) is 106 cm³/mol. The topological polar surface area (TPSA) is 95.8 Å². The van der Waals surface area contributed by atoms with Gasteiger partial charge in [-0.3, -0.25) is 19.7 Å². The molecule has 1 saturated heterocycles. The van der Waals surface area contributed by atoms with Gasteiger partial charge < -0.3 is 15.1 Å². The molecule has 2 amide bonds.